The van der Waals surface area contributed by atoms with Crippen LogP contribution < -0.4 is 15.8 Å². The minimum atomic E-state index is -0.0401. The highest BCUT2D eigenvalue weighted by Crippen LogP contribution is 2.27. The molecule has 1 aliphatic carbocycles. The summed E-state index contributed by atoms with van der Waals surface area (Å²) in [5.74, 6) is 1.46. The number of benzene rings is 1. The summed E-state index contributed by atoms with van der Waals surface area (Å²) in [4.78, 5) is 11.7. The van der Waals surface area contributed by atoms with E-state index in [-0.39, 0.29) is 12.5 Å². The Morgan fingerprint density at radius 1 is 1.35 bits per heavy atom. The lowest BCUT2D eigenvalue weighted by Crippen LogP contribution is -2.30. The molecule has 0 spiro atoms. The van der Waals surface area contributed by atoms with Crippen LogP contribution in [0.2, 0.25) is 0 Å². The van der Waals surface area contributed by atoms with E-state index in [2.05, 4.69) is 17.4 Å². The van der Waals surface area contributed by atoms with Gasteiger partial charge in [-0.2, -0.15) is 0 Å². The molecular weight excluding hydrogens is 252 g/mol. The number of nitrogens with two attached hydrogens (primary N) is 1. The van der Waals surface area contributed by atoms with Gasteiger partial charge in [0, 0.05) is 6.54 Å². The van der Waals surface area contributed by atoms with E-state index in [1.54, 1.807) is 0 Å². The van der Waals surface area contributed by atoms with E-state index in [1.165, 1.54) is 18.4 Å². The highest BCUT2D eigenvalue weighted by atomic mass is 16.5. The third-order valence-corrected chi connectivity index (χ3v) is 3.59. The van der Waals surface area contributed by atoms with Crippen LogP contribution in [0.25, 0.3) is 0 Å². The molecule has 0 bridgehead atoms. The third-order valence-electron chi connectivity index (χ3n) is 3.59. The van der Waals surface area contributed by atoms with Gasteiger partial charge in [-0.15, -0.1) is 0 Å². The quantitative estimate of drug-likeness (QED) is 0.797. The van der Waals surface area contributed by atoms with Crippen molar-refractivity contribution >= 4 is 5.91 Å². The van der Waals surface area contributed by atoms with E-state index in [0.29, 0.717) is 12.5 Å². The number of hydrogen-bond acceptors (Lipinski definition) is 3. The predicted octanol–water partition coefficient (Wildman–Crippen LogP) is 1.71. The summed E-state index contributed by atoms with van der Waals surface area (Å²) in [6.45, 7) is 5.53. The lowest BCUT2D eigenvalue weighted by molar-refractivity contribution is -0.123. The summed E-state index contributed by atoms with van der Waals surface area (Å²) < 4.78 is 5.67. The van der Waals surface area contributed by atoms with Crippen LogP contribution in [-0.4, -0.2) is 25.6 Å². The Bertz CT molecular complexity index is 458. The molecule has 1 fully saturated rings. The van der Waals surface area contributed by atoms with Crippen LogP contribution in [-0.2, 0) is 11.2 Å². The van der Waals surface area contributed by atoms with Crippen LogP contribution in [0.4, 0.5) is 0 Å². The first-order valence-corrected chi connectivity index (χ1v) is 7.30. The van der Waals surface area contributed by atoms with Crippen molar-refractivity contribution in [2.75, 3.05) is 19.7 Å². The van der Waals surface area contributed by atoms with Crippen LogP contribution in [0, 0.1) is 19.8 Å². The van der Waals surface area contributed by atoms with Crippen LogP contribution in [0.1, 0.15) is 29.5 Å². The minimum absolute atomic E-state index is 0.0401. The maximum absolute atomic E-state index is 11.7. The summed E-state index contributed by atoms with van der Waals surface area (Å²) in [6.07, 6.45) is 3.34. The summed E-state index contributed by atoms with van der Waals surface area (Å²) in [5.41, 5.74) is 8.91. The highest BCUT2D eigenvalue weighted by molar-refractivity contribution is 5.77. The molecule has 1 aromatic rings. The Morgan fingerprint density at radius 3 is 2.55 bits per heavy atom. The molecule has 0 atom stereocenters. The molecule has 1 aliphatic rings. The van der Waals surface area contributed by atoms with Crippen LogP contribution in [0.5, 0.6) is 5.75 Å². The smallest absolute Gasteiger partial charge is 0.257 e. The van der Waals surface area contributed by atoms with Gasteiger partial charge in [-0.05, 0) is 62.3 Å². The number of hydrogen-bond donors (Lipinski definition) is 2. The number of ether oxygens (including phenoxy) is 1. The van der Waals surface area contributed by atoms with Gasteiger partial charge in [0.05, 0.1) is 0 Å². The van der Waals surface area contributed by atoms with Gasteiger partial charge >= 0.3 is 0 Å². The fourth-order valence-electron chi connectivity index (χ4n) is 2.35. The van der Waals surface area contributed by atoms with E-state index >= 15 is 0 Å². The van der Waals surface area contributed by atoms with Crippen LogP contribution >= 0.6 is 0 Å². The van der Waals surface area contributed by atoms with E-state index in [1.807, 2.05) is 13.8 Å². The lowest BCUT2D eigenvalue weighted by atomic mass is 10.0. The van der Waals surface area contributed by atoms with Crippen molar-refractivity contribution in [3.8, 4) is 5.75 Å². The van der Waals surface area contributed by atoms with E-state index < -0.39 is 0 Å². The zero-order valence-electron chi connectivity index (χ0n) is 12.4. The fraction of sp³-hybridized carbons (Fsp3) is 0.562. The summed E-state index contributed by atoms with van der Waals surface area (Å²) in [6, 6.07) is 4.16. The van der Waals surface area contributed by atoms with Crippen LogP contribution in [0.15, 0.2) is 12.1 Å². The topological polar surface area (TPSA) is 64.3 Å². The maximum atomic E-state index is 11.7. The molecule has 0 aliphatic heterocycles. The van der Waals surface area contributed by atoms with Crippen molar-refractivity contribution in [2.45, 2.75) is 33.1 Å². The average molecular weight is 276 g/mol. The molecule has 1 aromatic carbocycles. The first kappa shape index (κ1) is 14.9. The van der Waals surface area contributed by atoms with Gasteiger partial charge in [-0.3, -0.25) is 4.79 Å². The number of amides is 1. The Labute approximate surface area is 120 Å². The fourth-order valence-corrected chi connectivity index (χ4v) is 2.35. The summed E-state index contributed by atoms with van der Waals surface area (Å²) in [5, 5.41) is 2.90. The molecule has 4 nitrogen and oxygen atoms in total. The zero-order valence-corrected chi connectivity index (χ0v) is 12.4. The van der Waals surface area contributed by atoms with Gasteiger partial charge in [0.15, 0.2) is 6.61 Å². The van der Waals surface area contributed by atoms with Crippen molar-refractivity contribution in [2.24, 2.45) is 11.7 Å². The average Bonchev–Trinajstić information content (AvgIpc) is 3.19. The maximum Gasteiger partial charge on any atom is 0.257 e. The second-order valence-electron chi connectivity index (χ2n) is 5.63. The Kier molecular flexibility index (Phi) is 5.01. The SMILES string of the molecule is Cc1cc(CCN)cc(C)c1OCC(=O)NCC1CC1. The molecule has 1 saturated carbocycles. The molecule has 20 heavy (non-hydrogen) atoms. The van der Waals surface area contributed by atoms with Crippen molar-refractivity contribution < 1.29 is 9.53 Å². The van der Waals surface area contributed by atoms with Gasteiger partial charge in [0.2, 0.25) is 0 Å². The molecule has 0 unspecified atom stereocenters. The van der Waals surface area contributed by atoms with Gasteiger partial charge in [-0.25, -0.2) is 0 Å². The monoisotopic (exact) mass is 276 g/mol. The second-order valence-corrected chi connectivity index (χ2v) is 5.63. The first-order chi connectivity index (χ1) is 9.60. The summed E-state index contributed by atoms with van der Waals surface area (Å²) >= 11 is 0. The molecule has 1 amide bonds. The third kappa shape index (κ3) is 4.23. The molecule has 0 radical (unpaired) electrons. The number of carbonyl (C=O) groups is 1. The Hall–Kier alpha value is -1.55. The Morgan fingerprint density at radius 2 is 2.00 bits per heavy atom. The van der Waals surface area contributed by atoms with Crippen molar-refractivity contribution in [3.05, 3.63) is 28.8 Å². The molecule has 0 saturated heterocycles. The lowest BCUT2D eigenvalue weighted by Gasteiger charge is -2.14. The minimum Gasteiger partial charge on any atom is -0.483 e. The molecule has 0 heterocycles. The van der Waals surface area contributed by atoms with Gasteiger partial charge in [-0.1, -0.05) is 12.1 Å². The normalized spacial score (nSPS) is 14.2. The van der Waals surface area contributed by atoms with Gasteiger partial charge < -0.3 is 15.8 Å². The van der Waals surface area contributed by atoms with E-state index in [4.69, 9.17) is 10.5 Å². The number of nitrogens with one attached hydrogen (secondary N) is 1. The number of aryl methyl sites for hydroxylation is 2. The molecular formula is C16H24N2O2. The number of rotatable bonds is 7. The van der Waals surface area contributed by atoms with E-state index in [9.17, 15) is 4.79 Å². The molecule has 0 aromatic heterocycles. The van der Waals surface area contributed by atoms with Crippen molar-refractivity contribution in [3.63, 3.8) is 0 Å². The van der Waals surface area contributed by atoms with Gasteiger partial charge in [0.25, 0.3) is 5.91 Å². The van der Waals surface area contributed by atoms with E-state index in [0.717, 1.165) is 29.8 Å². The molecule has 4 heteroatoms. The molecule has 110 valence electrons. The predicted molar refractivity (Wildman–Crippen MR) is 79.9 cm³/mol. The molecule has 3 N–H and O–H groups in total. The van der Waals surface area contributed by atoms with Gasteiger partial charge in [0.1, 0.15) is 5.75 Å². The first-order valence-electron chi connectivity index (χ1n) is 7.30. The standard InChI is InChI=1S/C16H24N2O2/c1-11-7-14(5-6-17)8-12(2)16(11)20-10-15(19)18-9-13-3-4-13/h7-8,13H,3-6,9-10,17H2,1-2H3,(H,18,19). The largest absolute Gasteiger partial charge is 0.483 e. The van der Waals surface area contributed by atoms with Crippen molar-refractivity contribution in [1.82, 2.24) is 5.32 Å². The number of carbonyl (C=O) groups excluding carboxylic acids is 1. The highest BCUT2D eigenvalue weighted by Gasteiger charge is 2.21. The second kappa shape index (κ2) is 6.75. The Balaban J connectivity index is 1.89. The zero-order chi connectivity index (χ0) is 14.5. The summed E-state index contributed by atoms with van der Waals surface area (Å²) in [7, 11) is 0. The van der Waals surface area contributed by atoms with Crippen LogP contribution in [0.3, 0.4) is 0 Å². The van der Waals surface area contributed by atoms with Crippen molar-refractivity contribution in [1.29, 1.82) is 0 Å². The molecule has 2 rings (SSSR count).